The maximum atomic E-state index is 6.08. The van der Waals surface area contributed by atoms with Gasteiger partial charge in [-0.1, -0.05) is 6.07 Å². The number of nitrogens with one attached hydrogen (secondary N) is 1. The normalized spacial score (nSPS) is 22.1. The summed E-state index contributed by atoms with van der Waals surface area (Å²) in [6.45, 7) is 4.31. The van der Waals surface area contributed by atoms with Gasteiger partial charge in [-0.2, -0.15) is 0 Å². The molecule has 0 bridgehead atoms. The van der Waals surface area contributed by atoms with E-state index in [4.69, 9.17) is 4.74 Å². The largest absolute Gasteiger partial charge is 0.488 e. The average Bonchev–Trinajstić information content (AvgIpc) is 2.27. The van der Waals surface area contributed by atoms with Crippen molar-refractivity contribution in [1.82, 2.24) is 5.32 Å². The number of ether oxygens (including phenoxy) is 1. The van der Waals surface area contributed by atoms with E-state index in [9.17, 15) is 0 Å². The van der Waals surface area contributed by atoms with Crippen LogP contribution >= 0.6 is 0 Å². The molecule has 0 spiro atoms. The summed E-state index contributed by atoms with van der Waals surface area (Å²) < 4.78 is 6.08. The van der Waals surface area contributed by atoms with E-state index in [1.165, 1.54) is 30.4 Å². The Morgan fingerprint density at radius 2 is 2.12 bits per heavy atom. The van der Waals surface area contributed by atoms with Crippen LogP contribution in [0.4, 0.5) is 0 Å². The molecule has 1 heterocycles. The fourth-order valence-electron chi connectivity index (χ4n) is 2.58. The van der Waals surface area contributed by atoms with Crippen LogP contribution in [-0.4, -0.2) is 12.1 Å². The van der Waals surface area contributed by atoms with E-state index in [-0.39, 0.29) is 5.60 Å². The molecule has 1 aliphatic carbocycles. The first-order chi connectivity index (χ1) is 7.75. The first-order valence-electron chi connectivity index (χ1n) is 6.27. The van der Waals surface area contributed by atoms with Crippen molar-refractivity contribution in [2.75, 3.05) is 6.54 Å². The number of rotatable bonds is 2. The SMILES string of the molecule is CC1(Oc2ccc3c(c2)CNCC3)CCC1. The van der Waals surface area contributed by atoms with Crippen molar-refractivity contribution in [3.63, 3.8) is 0 Å². The molecule has 1 N–H and O–H groups in total. The smallest absolute Gasteiger partial charge is 0.120 e. The molecule has 1 aromatic rings. The first kappa shape index (κ1) is 10.2. The van der Waals surface area contributed by atoms with Crippen LogP contribution in [0.1, 0.15) is 37.3 Å². The van der Waals surface area contributed by atoms with E-state index in [2.05, 4.69) is 30.4 Å². The molecule has 0 aromatic heterocycles. The predicted molar refractivity (Wildman–Crippen MR) is 64.7 cm³/mol. The van der Waals surface area contributed by atoms with E-state index < -0.39 is 0 Å². The molecule has 0 unspecified atom stereocenters. The minimum Gasteiger partial charge on any atom is -0.488 e. The van der Waals surface area contributed by atoms with Crippen LogP contribution in [0.5, 0.6) is 5.75 Å². The second-order valence-corrected chi connectivity index (χ2v) is 5.26. The quantitative estimate of drug-likeness (QED) is 0.822. The maximum absolute atomic E-state index is 6.08. The first-order valence-corrected chi connectivity index (χ1v) is 6.27. The fraction of sp³-hybridized carbons (Fsp3) is 0.571. The van der Waals surface area contributed by atoms with Gasteiger partial charge in [-0.25, -0.2) is 0 Å². The Labute approximate surface area is 97.0 Å². The van der Waals surface area contributed by atoms with Gasteiger partial charge in [0.2, 0.25) is 0 Å². The van der Waals surface area contributed by atoms with Gasteiger partial charge in [0.05, 0.1) is 0 Å². The Hall–Kier alpha value is -1.02. The summed E-state index contributed by atoms with van der Waals surface area (Å²) in [6.07, 6.45) is 4.85. The van der Waals surface area contributed by atoms with Gasteiger partial charge in [0.25, 0.3) is 0 Å². The van der Waals surface area contributed by atoms with Crippen LogP contribution in [0.3, 0.4) is 0 Å². The Balaban J connectivity index is 1.80. The van der Waals surface area contributed by atoms with E-state index in [0.717, 1.165) is 25.3 Å². The second kappa shape index (κ2) is 3.77. The molecule has 0 amide bonds. The lowest BCUT2D eigenvalue weighted by Crippen LogP contribution is -2.39. The fourth-order valence-corrected chi connectivity index (χ4v) is 2.58. The molecule has 0 saturated heterocycles. The van der Waals surface area contributed by atoms with Crippen molar-refractivity contribution >= 4 is 0 Å². The lowest BCUT2D eigenvalue weighted by molar-refractivity contribution is 0.0112. The molecule has 16 heavy (non-hydrogen) atoms. The lowest BCUT2D eigenvalue weighted by atomic mass is 9.82. The summed E-state index contributed by atoms with van der Waals surface area (Å²) in [7, 11) is 0. The summed E-state index contributed by atoms with van der Waals surface area (Å²) in [5.74, 6) is 1.05. The van der Waals surface area contributed by atoms with Crippen LogP contribution in [0.25, 0.3) is 0 Å². The monoisotopic (exact) mass is 217 g/mol. The van der Waals surface area contributed by atoms with Crippen molar-refractivity contribution in [1.29, 1.82) is 0 Å². The number of benzene rings is 1. The van der Waals surface area contributed by atoms with Gasteiger partial charge in [0, 0.05) is 6.54 Å². The lowest BCUT2D eigenvalue weighted by Gasteiger charge is -2.38. The van der Waals surface area contributed by atoms with Crippen molar-refractivity contribution in [3.8, 4) is 5.75 Å². The molecule has 2 nitrogen and oxygen atoms in total. The summed E-state index contributed by atoms with van der Waals surface area (Å²) in [5.41, 5.74) is 2.99. The zero-order chi connectivity index (χ0) is 11.0. The Bertz CT molecular complexity index is 396. The van der Waals surface area contributed by atoms with Gasteiger partial charge >= 0.3 is 0 Å². The Morgan fingerprint density at radius 1 is 1.25 bits per heavy atom. The third-order valence-electron chi connectivity index (χ3n) is 3.84. The maximum Gasteiger partial charge on any atom is 0.120 e. The second-order valence-electron chi connectivity index (χ2n) is 5.26. The molecule has 1 fully saturated rings. The summed E-state index contributed by atoms with van der Waals surface area (Å²) in [5, 5.41) is 3.40. The summed E-state index contributed by atoms with van der Waals surface area (Å²) >= 11 is 0. The molecule has 2 heteroatoms. The van der Waals surface area contributed by atoms with Crippen molar-refractivity contribution in [3.05, 3.63) is 29.3 Å². The van der Waals surface area contributed by atoms with Crippen LogP contribution in [-0.2, 0) is 13.0 Å². The van der Waals surface area contributed by atoms with Gasteiger partial charge in [0.1, 0.15) is 11.4 Å². The highest BCUT2D eigenvalue weighted by atomic mass is 16.5. The van der Waals surface area contributed by atoms with Crippen molar-refractivity contribution in [2.24, 2.45) is 0 Å². The summed E-state index contributed by atoms with van der Waals surface area (Å²) in [4.78, 5) is 0. The van der Waals surface area contributed by atoms with Gasteiger partial charge < -0.3 is 10.1 Å². The van der Waals surface area contributed by atoms with Crippen LogP contribution in [0.15, 0.2) is 18.2 Å². The van der Waals surface area contributed by atoms with E-state index in [1.807, 2.05) is 0 Å². The highest BCUT2D eigenvalue weighted by molar-refractivity contribution is 5.37. The van der Waals surface area contributed by atoms with E-state index >= 15 is 0 Å². The molecule has 86 valence electrons. The standard InChI is InChI=1S/C14H19NO/c1-14(6-2-7-14)16-13-4-3-11-5-8-15-10-12(11)9-13/h3-4,9,15H,2,5-8,10H2,1H3. The highest BCUT2D eigenvalue weighted by Gasteiger charge is 2.34. The van der Waals surface area contributed by atoms with Crippen molar-refractivity contribution < 1.29 is 4.74 Å². The molecular formula is C14H19NO. The minimum atomic E-state index is 0.107. The molecule has 0 radical (unpaired) electrons. The molecular weight excluding hydrogens is 198 g/mol. The zero-order valence-electron chi connectivity index (χ0n) is 9.88. The predicted octanol–water partition coefficient (Wildman–Crippen LogP) is 2.65. The van der Waals surface area contributed by atoms with Gasteiger partial charge in [-0.3, -0.25) is 0 Å². The van der Waals surface area contributed by atoms with E-state index in [1.54, 1.807) is 0 Å². The van der Waals surface area contributed by atoms with Gasteiger partial charge in [0.15, 0.2) is 0 Å². The molecule has 3 rings (SSSR count). The molecule has 0 atom stereocenters. The Kier molecular flexibility index (Phi) is 2.40. The number of hydrogen-bond donors (Lipinski definition) is 1. The molecule has 1 saturated carbocycles. The van der Waals surface area contributed by atoms with Crippen LogP contribution in [0, 0.1) is 0 Å². The molecule has 1 aromatic carbocycles. The highest BCUT2D eigenvalue weighted by Crippen LogP contribution is 2.36. The number of fused-ring (bicyclic) bond motifs is 1. The van der Waals surface area contributed by atoms with Gasteiger partial charge in [-0.05, 0) is 62.4 Å². The van der Waals surface area contributed by atoms with Crippen molar-refractivity contribution in [2.45, 2.75) is 44.8 Å². The zero-order valence-corrected chi connectivity index (χ0v) is 9.88. The topological polar surface area (TPSA) is 21.3 Å². The summed E-state index contributed by atoms with van der Waals surface area (Å²) in [6, 6.07) is 6.58. The minimum absolute atomic E-state index is 0.107. The van der Waals surface area contributed by atoms with Crippen LogP contribution in [0.2, 0.25) is 0 Å². The number of hydrogen-bond acceptors (Lipinski definition) is 2. The Morgan fingerprint density at radius 3 is 2.88 bits per heavy atom. The molecule has 2 aliphatic rings. The third-order valence-corrected chi connectivity index (χ3v) is 3.84. The average molecular weight is 217 g/mol. The van der Waals surface area contributed by atoms with Crippen LogP contribution < -0.4 is 10.1 Å². The third kappa shape index (κ3) is 1.82. The van der Waals surface area contributed by atoms with E-state index in [0.29, 0.717) is 0 Å². The van der Waals surface area contributed by atoms with Gasteiger partial charge in [-0.15, -0.1) is 0 Å². The molecule has 1 aliphatic heterocycles.